The van der Waals surface area contributed by atoms with Gasteiger partial charge in [-0.2, -0.15) is 13.2 Å². The maximum absolute atomic E-state index is 13.5. The summed E-state index contributed by atoms with van der Waals surface area (Å²) in [6.07, 6.45) is -7.91. The molecule has 2 aromatic rings. The molecule has 0 radical (unpaired) electrons. The van der Waals surface area contributed by atoms with Crippen LogP contribution in [0.1, 0.15) is 24.0 Å². The Bertz CT molecular complexity index is 937. The number of alkyl halides is 3. The molecule has 4 unspecified atom stereocenters. The molecule has 4 atom stereocenters. The molecule has 1 heterocycles. The minimum Gasteiger partial charge on any atom is -0.371 e. The SMILES string of the molecule is C=[N+]=C(SC1CC(OCc2ccccc2)C(OCc2ccccc2)C(CC(F)(F)F)O1)N(C)C. The minimum atomic E-state index is -4.42. The van der Waals surface area contributed by atoms with Crippen molar-refractivity contribution in [2.45, 2.75) is 56.0 Å². The lowest BCUT2D eigenvalue weighted by Gasteiger charge is -2.41. The van der Waals surface area contributed by atoms with Crippen LogP contribution in [0.2, 0.25) is 0 Å². The van der Waals surface area contributed by atoms with E-state index in [0.29, 0.717) is 11.6 Å². The summed E-state index contributed by atoms with van der Waals surface area (Å²) < 4.78 is 62.7. The number of hydrogen-bond donors (Lipinski definition) is 0. The molecule has 34 heavy (non-hydrogen) atoms. The smallest absolute Gasteiger partial charge is 0.371 e. The minimum absolute atomic E-state index is 0.162. The van der Waals surface area contributed by atoms with Crippen LogP contribution in [0.4, 0.5) is 13.2 Å². The number of nitrogens with zero attached hydrogens (tertiary/aromatic N) is 2. The highest BCUT2D eigenvalue weighted by Crippen LogP contribution is 2.37. The van der Waals surface area contributed by atoms with Crippen LogP contribution in [0.25, 0.3) is 0 Å². The summed E-state index contributed by atoms with van der Waals surface area (Å²) in [7, 11) is 3.59. The van der Waals surface area contributed by atoms with Gasteiger partial charge < -0.3 is 14.2 Å². The maximum Gasteiger partial charge on any atom is 0.407 e. The molecule has 0 aliphatic carbocycles. The second-order valence-electron chi connectivity index (χ2n) is 8.21. The number of ether oxygens (including phenoxy) is 3. The number of halogens is 3. The molecule has 0 saturated carbocycles. The Labute approximate surface area is 202 Å². The number of rotatable bonds is 8. The van der Waals surface area contributed by atoms with Gasteiger partial charge in [-0.05, 0) is 11.1 Å². The highest BCUT2D eigenvalue weighted by Gasteiger charge is 2.46. The van der Waals surface area contributed by atoms with E-state index in [1.54, 1.807) is 19.0 Å². The zero-order valence-corrected chi connectivity index (χ0v) is 20.1. The number of amidine groups is 1. The zero-order valence-electron chi connectivity index (χ0n) is 19.3. The molecule has 0 amide bonds. The molecule has 1 saturated heterocycles. The van der Waals surface area contributed by atoms with Crippen molar-refractivity contribution in [2.75, 3.05) is 14.1 Å². The topological polar surface area (TPSA) is 45.0 Å². The fraction of sp³-hybridized carbons (Fsp3) is 0.440. The molecule has 0 bridgehead atoms. The Morgan fingerprint density at radius 1 is 1.03 bits per heavy atom. The lowest BCUT2D eigenvalue weighted by molar-refractivity contribution is -0.228. The van der Waals surface area contributed by atoms with Crippen molar-refractivity contribution < 1.29 is 27.4 Å². The van der Waals surface area contributed by atoms with Crippen molar-refractivity contribution in [2.24, 2.45) is 0 Å². The van der Waals surface area contributed by atoms with Gasteiger partial charge in [0.05, 0.1) is 45.9 Å². The first-order valence-electron chi connectivity index (χ1n) is 11.0. The highest BCUT2D eigenvalue weighted by atomic mass is 32.2. The monoisotopic (exact) mass is 495 g/mol. The summed E-state index contributed by atoms with van der Waals surface area (Å²) in [6, 6.07) is 18.9. The van der Waals surface area contributed by atoms with Gasteiger partial charge in [0.2, 0.25) is 0 Å². The lowest BCUT2D eigenvalue weighted by Crippen LogP contribution is -2.51. The summed E-state index contributed by atoms with van der Waals surface area (Å²) in [4.78, 5) is 1.75. The van der Waals surface area contributed by atoms with Crippen molar-refractivity contribution in [1.82, 2.24) is 9.57 Å². The Morgan fingerprint density at radius 2 is 1.59 bits per heavy atom. The molecule has 0 spiro atoms. The fourth-order valence-electron chi connectivity index (χ4n) is 3.68. The van der Waals surface area contributed by atoms with E-state index in [2.05, 4.69) is 11.4 Å². The summed E-state index contributed by atoms with van der Waals surface area (Å²) in [5.74, 6) is 0. The average Bonchev–Trinajstić information content (AvgIpc) is 2.80. The number of hydrogen-bond acceptors (Lipinski definition) is 4. The Kier molecular flexibility index (Phi) is 9.62. The van der Waals surface area contributed by atoms with Crippen LogP contribution < -0.4 is 4.67 Å². The van der Waals surface area contributed by atoms with Gasteiger partial charge in [-0.15, -0.1) is 0 Å². The van der Waals surface area contributed by atoms with Crippen molar-refractivity contribution in [3.05, 3.63) is 71.8 Å². The molecule has 9 heteroatoms. The van der Waals surface area contributed by atoms with Gasteiger partial charge in [0, 0.05) is 18.2 Å². The summed E-state index contributed by atoms with van der Waals surface area (Å²) in [5, 5.41) is 0.557. The van der Waals surface area contributed by atoms with E-state index in [4.69, 9.17) is 14.2 Å². The van der Waals surface area contributed by atoms with Crippen LogP contribution in [-0.4, -0.2) is 60.8 Å². The average molecular weight is 496 g/mol. The first kappa shape index (κ1) is 26.3. The number of benzene rings is 2. The van der Waals surface area contributed by atoms with Gasteiger partial charge in [-0.1, -0.05) is 60.7 Å². The molecule has 3 rings (SSSR count). The molecular weight excluding hydrogens is 465 g/mol. The highest BCUT2D eigenvalue weighted by molar-refractivity contribution is 8.14. The van der Waals surface area contributed by atoms with Crippen molar-refractivity contribution in [3.63, 3.8) is 0 Å². The predicted molar refractivity (Wildman–Crippen MR) is 130 cm³/mol. The molecule has 5 nitrogen and oxygen atoms in total. The number of thioether (sulfide) groups is 1. The van der Waals surface area contributed by atoms with Crippen LogP contribution in [0.15, 0.2) is 60.7 Å². The predicted octanol–water partition coefficient (Wildman–Crippen LogP) is 4.64. The molecule has 1 fully saturated rings. The first-order valence-corrected chi connectivity index (χ1v) is 11.8. The quantitative estimate of drug-likeness (QED) is 0.303. The van der Waals surface area contributed by atoms with Crippen LogP contribution in [0.5, 0.6) is 0 Å². The van der Waals surface area contributed by atoms with E-state index in [9.17, 15) is 13.2 Å². The maximum atomic E-state index is 13.5. The van der Waals surface area contributed by atoms with E-state index in [-0.39, 0.29) is 13.2 Å². The normalized spacial score (nSPS) is 22.7. The molecule has 0 aromatic heterocycles. The van der Waals surface area contributed by atoms with Crippen molar-refractivity contribution in [3.8, 4) is 0 Å². The van der Waals surface area contributed by atoms with Gasteiger partial charge in [-0.25, -0.2) is 9.57 Å². The third-order valence-corrected chi connectivity index (χ3v) is 6.54. The van der Waals surface area contributed by atoms with Crippen LogP contribution >= 0.6 is 11.8 Å². The van der Waals surface area contributed by atoms with E-state index in [0.717, 1.165) is 11.1 Å². The van der Waals surface area contributed by atoms with E-state index >= 15 is 0 Å². The molecule has 2 aromatic carbocycles. The fourth-order valence-corrected chi connectivity index (χ4v) is 4.69. The van der Waals surface area contributed by atoms with Gasteiger partial charge in [0.25, 0.3) is 0 Å². The van der Waals surface area contributed by atoms with Crippen LogP contribution in [-0.2, 0) is 27.4 Å². The lowest BCUT2D eigenvalue weighted by atomic mass is 9.98. The molecule has 1 aliphatic heterocycles. The first-order chi connectivity index (χ1) is 16.2. The van der Waals surface area contributed by atoms with Gasteiger partial charge in [0.15, 0.2) is 6.72 Å². The summed E-state index contributed by atoms with van der Waals surface area (Å²) >= 11 is 1.23. The Morgan fingerprint density at radius 3 is 2.09 bits per heavy atom. The summed E-state index contributed by atoms with van der Waals surface area (Å²) in [5.41, 5.74) is 1.21. The van der Waals surface area contributed by atoms with Gasteiger partial charge >= 0.3 is 11.3 Å². The van der Waals surface area contributed by atoms with Crippen LogP contribution in [0, 0.1) is 0 Å². The molecule has 1 aliphatic rings. The third kappa shape index (κ3) is 8.18. The zero-order chi connectivity index (χ0) is 24.6. The molecule has 184 valence electrons. The Hall–Kier alpha value is -2.29. The van der Waals surface area contributed by atoms with Crippen molar-refractivity contribution >= 4 is 23.6 Å². The van der Waals surface area contributed by atoms with E-state index in [1.165, 1.54) is 11.8 Å². The van der Waals surface area contributed by atoms with Gasteiger partial charge in [0.1, 0.15) is 11.5 Å². The second-order valence-corrected chi connectivity index (χ2v) is 9.33. The van der Waals surface area contributed by atoms with Crippen molar-refractivity contribution in [1.29, 1.82) is 0 Å². The summed E-state index contributed by atoms with van der Waals surface area (Å²) in [6.45, 7) is 3.98. The standard InChI is InChI=1S/C25H30F3N2O3S/c1-29-24(30(2)3)34-22-14-20(31-16-18-10-6-4-7-11-18)23(21(33-22)15-25(26,27)28)32-17-19-12-8-5-9-13-19/h4-13,20-23H,1,14-17H2,2-3H3/q+1. The van der Waals surface area contributed by atoms with Gasteiger partial charge in [-0.3, -0.25) is 0 Å². The van der Waals surface area contributed by atoms with E-state index < -0.39 is 36.3 Å². The molecule has 0 N–H and O–H groups in total. The van der Waals surface area contributed by atoms with E-state index in [1.807, 2.05) is 60.7 Å². The largest absolute Gasteiger partial charge is 0.407 e. The van der Waals surface area contributed by atoms with Crippen LogP contribution in [0.3, 0.4) is 0 Å². The molecular formula is C25H30F3N2O3S+. The third-order valence-electron chi connectivity index (χ3n) is 5.26. The Balaban J connectivity index is 1.83. The second kappa shape index (κ2) is 12.4.